The lowest BCUT2D eigenvalue weighted by atomic mass is 9.77. The third kappa shape index (κ3) is 12.8. The normalized spacial score (nSPS) is 13.0. The van der Waals surface area contributed by atoms with E-state index in [1.165, 1.54) is 55.6 Å². The molecule has 0 aliphatic rings. The predicted octanol–water partition coefficient (Wildman–Crippen LogP) is 16.0. The van der Waals surface area contributed by atoms with Crippen LogP contribution in [0.4, 0.5) is 0 Å². The van der Waals surface area contributed by atoms with E-state index in [1.807, 2.05) is 12.1 Å². The maximum atomic E-state index is 11.9. The zero-order valence-corrected chi connectivity index (χ0v) is 41.5. The van der Waals surface area contributed by atoms with E-state index < -0.39 is 0 Å². The third-order valence-electron chi connectivity index (χ3n) is 12.8. The molecule has 0 heterocycles. The molecule has 4 aromatic carbocycles. The van der Waals surface area contributed by atoms with Crippen molar-refractivity contribution >= 4 is 0 Å². The van der Waals surface area contributed by atoms with Gasteiger partial charge in [-0.2, -0.15) is 0 Å². The molecular formula is C58H86O2. The van der Waals surface area contributed by atoms with Gasteiger partial charge in [0, 0.05) is 17.0 Å². The van der Waals surface area contributed by atoms with Gasteiger partial charge in [0.25, 0.3) is 0 Å². The number of aryl methyl sites for hydroxylation is 2. The average molecular weight is 815 g/mol. The Hall–Kier alpha value is -3.52. The molecule has 4 aromatic rings. The van der Waals surface area contributed by atoms with Gasteiger partial charge in [-0.25, -0.2) is 0 Å². The van der Waals surface area contributed by atoms with Gasteiger partial charge in [0.1, 0.15) is 11.5 Å². The van der Waals surface area contributed by atoms with Crippen LogP contribution in [0.1, 0.15) is 216 Å². The summed E-state index contributed by atoms with van der Waals surface area (Å²) in [6.45, 7) is 39.2. The fraction of sp³-hybridized carbons (Fsp3) is 0.586. The highest BCUT2D eigenvalue weighted by Gasteiger charge is 2.28. The molecule has 0 saturated carbocycles. The quantitative estimate of drug-likeness (QED) is 0.111. The SMILES string of the molecule is CC(C)Cc1ccc(O)c(C(C)c2c(O)ccc(CC(C)C)c2CCCCc2ccc(C(C)(C)C)cc2C(C)(C)C)c1CCCCc1ccc(C(C)(C)C)cc1C(C)(C)C. The molecule has 0 amide bonds. The number of aromatic hydroxyl groups is 2. The molecule has 0 fully saturated rings. The van der Waals surface area contributed by atoms with Crippen LogP contribution in [0.15, 0.2) is 60.7 Å². The van der Waals surface area contributed by atoms with Crippen molar-refractivity contribution in [3.8, 4) is 11.5 Å². The minimum Gasteiger partial charge on any atom is -0.508 e. The summed E-state index contributed by atoms with van der Waals surface area (Å²) in [5.74, 6) is 1.54. The lowest BCUT2D eigenvalue weighted by Crippen LogP contribution is -2.18. The summed E-state index contributed by atoms with van der Waals surface area (Å²) >= 11 is 0. The lowest BCUT2D eigenvalue weighted by Gasteiger charge is -2.28. The molecule has 0 unspecified atom stereocenters. The summed E-state index contributed by atoms with van der Waals surface area (Å²) in [6.07, 6.45) is 10.1. The molecule has 60 heavy (non-hydrogen) atoms. The van der Waals surface area contributed by atoms with Gasteiger partial charge in [0.05, 0.1) is 0 Å². The molecule has 330 valence electrons. The van der Waals surface area contributed by atoms with Gasteiger partial charge in [0.15, 0.2) is 0 Å². The predicted molar refractivity (Wildman–Crippen MR) is 262 cm³/mol. The van der Waals surface area contributed by atoms with Gasteiger partial charge in [-0.15, -0.1) is 0 Å². The first kappa shape index (κ1) is 49.1. The average Bonchev–Trinajstić information content (AvgIpc) is 3.11. The lowest BCUT2D eigenvalue weighted by molar-refractivity contribution is 0.453. The van der Waals surface area contributed by atoms with Crippen LogP contribution in [0.3, 0.4) is 0 Å². The molecule has 0 bridgehead atoms. The second-order valence-corrected chi connectivity index (χ2v) is 23.3. The molecular weight excluding hydrogens is 729 g/mol. The van der Waals surface area contributed by atoms with Crippen LogP contribution in [0.5, 0.6) is 11.5 Å². The molecule has 0 atom stereocenters. The minimum atomic E-state index is -0.149. The maximum absolute atomic E-state index is 11.9. The Morgan fingerprint density at radius 1 is 0.400 bits per heavy atom. The fourth-order valence-electron chi connectivity index (χ4n) is 9.51. The molecule has 0 spiro atoms. The summed E-state index contributed by atoms with van der Waals surface area (Å²) in [6, 6.07) is 22.5. The molecule has 4 rings (SSSR count). The van der Waals surface area contributed by atoms with Crippen molar-refractivity contribution in [2.75, 3.05) is 0 Å². The number of phenols is 2. The van der Waals surface area contributed by atoms with Gasteiger partial charge in [-0.3, -0.25) is 0 Å². The summed E-state index contributed by atoms with van der Waals surface area (Å²) in [4.78, 5) is 0. The summed E-state index contributed by atoms with van der Waals surface area (Å²) in [5, 5.41) is 23.7. The van der Waals surface area contributed by atoms with Crippen LogP contribution in [-0.4, -0.2) is 10.2 Å². The topological polar surface area (TPSA) is 40.5 Å². The van der Waals surface area contributed by atoms with Crippen LogP contribution in [0.25, 0.3) is 0 Å². The highest BCUT2D eigenvalue weighted by atomic mass is 16.3. The van der Waals surface area contributed by atoms with Crippen molar-refractivity contribution in [2.45, 2.75) is 209 Å². The number of benzene rings is 4. The summed E-state index contributed by atoms with van der Waals surface area (Å²) in [5.41, 5.74) is 16.2. The number of hydrogen-bond acceptors (Lipinski definition) is 2. The first-order chi connectivity index (χ1) is 27.7. The second-order valence-electron chi connectivity index (χ2n) is 23.3. The van der Waals surface area contributed by atoms with Gasteiger partial charge < -0.3 is 10.2 Å². The highest BCUT2D eigenvalue weighted by molar-refractivity contribution is 5.56. The Balaban J connectivity index is 1.68. The first-order valence-corrected chi connectivity index (χ1v) is 23.6. The molecule has 0 saturated heterocycles. The van der Waals surface area contributed by atoms with E-state index in [0.29, 0.717) is 23.3 Å². The van der Waals surface area contributed by atoms with E-state index in [9.17, 15) is 10.2 Å². The molecule has 0 aliphatic carbocycles. The Kier molecular flexibility index (Phi) is 16.1. The van der Waals surface area contributed by atoms with Crippen LogP contribution in [0, 0.1) is 11.8 Å². The molecule has 0 aromatic heterocycles. The number of phenolic OH excluding ortho intramolecular Hbond substituents is 2. The smallest absolute Gasteiger partial charge is 0.119 e. The molecule has 2 heteroatoms. The van der Waals surface area contributed by atoms with Crippen molar-refractivity contribution in [3.05, 3.63) is 127 Å². The van der Waals surface area contributed by atoms with Crippen LogP contribution < -0.4 is 0 Å². The largest absolute Gasteiger partial charge is 0.508 e. The Labute approximate surface area is 369 Å². The van der Waals surface area contributed by atoms with Crippen LogP contribution in [-0.2, 0) is 60.2 Å². The van der Waals surface area contributed by atoms with E-state index in [1.54, 1.807) is 0 Å². The maximum Gasteiger partial charge on any atom is 0.119 e. The highest BCUT2D eigenvalue weighted by Crippen LogP contribution is 2.43. The summed E-state index contributed by atoms with van der Waals surface area (Å²) in [7, 11) is 0. The molecule has 2 nitrogen and oxygen atoms in total. The molecule has 0 aliphatic heterocycles. The van der Waals surface area contributed by atoms with Crippen molar-refractivity contribution in [1.29, 1.82) is 0 Å². The standard InChI is InChI=1S/C58H86O2/c1-38(2)34-43-28-32-51(59)53(47(43)24-20-18-22-41-26-30-45(55(6,7)8)36-49(41)57(12,13)14)40(5)54-48(44(35-39(3)4)29-33-52(54)60)25-21-19-23-42-27-31-46(56(9,10)11)37-50(42)58(15,16)17/h26-33,36-40,59-60H,18-25,34-35H2,1-17H3. The molecule has 0 radical (unpaired) electrons. The van der Waals surface area contributed by atoms with Crippen molar-refractivity contribution in [1.82, 2.24) is 0 Å². The van der Waals surface area contributed by atoms with Gasteiger partial charge in [-0.05, 0) is 165 Å². The van der Waals surface area contributed by atoms with E-state index in [0.717, 1.165) is 75.3 Å². The van der Waals surface area contributed by atoms with E-state index in [2.05, 4.69) is 166 Å². The number of unbranched alkanes of at least 4 members (excludes halogenated alkanes) is 2. The minimum absolute atomic E-state index is 0.0751. The Morgan fingerprint density at radius 2 is 0.717 bits per heavy atom. The number of hydrogen-bond donors (Lipinski definition) is 2. The van der Waals surface area contributed by atoms with Gasteiger partial charge >= 0.3 is 0 Å². The zero-order chi connectivity index (χ0) is 45.0. The van der Waals surface area contributed by atoms with Crippen LogP contribution >= 0.6 is 0 Å². The van der Waals surface area contributed by atoms with Crippen LogP contribution in [0.2, 0.25) is 0 Å². The Bertz CT molecular complexity index is 1880. The van der Waals surface area contributed by atoms with Gasteiger partial charge in [0.2, 0.25) is 0 Å². The summed E-state index contributed by atoms with van der Waals surface area (Å²) < 4.78 is 0. The van der Waals surface area contributed by atoms with Gasteiger partial charge in [-0.1, -0.05) is 166 Å². The third-order valence-corrected chi connectivity index (χ3v) is 12.8. The molecule has 2 N–H and O–H groups in total. The van der Waals surface area contributed by atoms with E-state index >= 15 is 0 Å². The monoisotopic (exact) mass is 815 g/mol. The van der Waals surface area contributed by atoms with Crippen molar-refractivity contribution in [3.63, 3.8) is 0 Å². The van der Waals surface area contributed by atoms with E-state index in [4.69, 9.17) is 0 Å². The van der Waals surface area contributed by atoms with Crippen molar-refractivity contribution in [2.24, 2.45) is 11.8 Å². The second kappa shape index (κ2) is 19.7. The first-order valence-electron chi connectivity index (χ1n) is 23.6. The number of rotatable bonds is 16. The zero-order valence-electron chi connectivity index (χ0n) is 41.5. The van der Waals surface area contributed by atoms with E-state index in [-0.39, 0.29) is 27.6 Å². The Morgan fingerprint density at radius 3 is 1.02 bits per heavy atom. The van der Waals surface area contributed by atoms with Crippen molar-refractivity contribution < 1.29 is 10.2 Å². The fourth-order valence-corrected chi connectivity index (χ4v) is 9.51.